The van der Waals surface area contributed by atoms with Gasteiger partial charge in [0.25, 0.3) is 0 Å². The van der Waals surface area contributed by atoms with Gasteiger partial charge in [0, 0.05) is 13.7 Å². The molecule has 0 aromatic heterocycles. The molecule has 0 spiro atoms. The number of nitrogens with one attached hydrogen (secondary N) is 1. The van der Waals surface area contributed by atoms with Gasteiger partial charge in [0.1, 0.15) is 0 Å². The number of hydrogen-bond donors (Lipinski definition) is 2. The number of carbonyl (C=O) groups is 2. The van der Waals surface area contributed by atoms with Crippen LogP contribution in [0.4, 0.5) is 0 Å². The lowest BCUT2D eigenvalue weighted by Crippen LogP contribution is -2.48. The van der Waals surface area contributed by atoms with Gasteiger partial charge in [-0.3, -0.25) is 9.59 Å². The Morgan fingerprint density at radius 1 is 1.24 bits per heavy atom. The summed E-state index contributed by atoms with van der Waals surface area (Å²) < 4.78 is 5.45. The second-order valence-corrected chi connectivity index (χ2v) is 6.96. The molecule has 0 saturated heterocycles. The lowest BCUT2D eigenvalue weighted by atomic mass is 9.70. The van der Waals surface area contributed by atoms with Crippen LogP contribution in [0, 0.1) is 11.3 Å². The molecule has 2 fully saturated rings. The molecule has 2 aliphatic rings. The molecule has 0 aromatic rings. The average Bonchev–Trinajstić information content (AvgIpc) is 2.42. The summed E-state index contributed by atoms with van der Waals surface area (Å²) in [5.41, 5.74) is -1.08. The molecule has 0 unspecified atom stereocenters. The van der Waals surface area contributed by atoms with Crippen LogP contribution < -0.4 is 5.32 Å². The van der Waals surface area contributed by atoms with Gasteiger partial charge in [-0.15, -0.1) is 0 Å². The van der Waals surface area contributed by atoms with Gasteiger partial charge in [-0.25, -0.2) is 0 Å². The lowest BCUT2D eigenvalue weighted by Gasteiger charge is -2.40. The van der Waals surface area contributed by atoms with Crippen molar-refractivity contribution < 1.29 is 19.4 Å². The number of ether oxygens (including phenoxy) is 1. The van der Waals surface area contributed by atoms with E-state index < -0.39 is 11.4 Å². The van der Waals surface area contributed by atoms with E-state index >= 15 is 0 Å². The highest BCUT2D eigenvalue weighted by Crippen LogP contribution is 2.40. The molecule has 2 aliphatic carbocycles. The quantitative estimate of drug-likeness (QED) is 0.789. The average molecular weight is 297 g/mol. The van der Waals surface area contributed by atoms with Crippen molar-refractivity contribution in [3.05, 3.63) is 0 Å². The third-order valence-corrected chi connectivity index (χ3v) is 5.49. The van der Waals surface area contributed by atoms with E-state index in [0.717, 1.165) is 32.1 Å². The fraction of sp³-hybridized carbons (Fsp3) is 0.875. The highest BCUT2D eigenvalue weighted by Gasteiger charge is 2.43. The molecule has 0 aromatic carbocycles. The van der Waals surface area contributed by atoms with E-state index in [1.807, 2.05) is 0 Å². The highest BCUT2D eigenvalue weighted by molar-refractivity contribution is 5.80. The minimum absolute atomic E-state index is 0.0872. The number of carboxylic acid groups (broad SMARTS) is 1. The van der Waals surface area contributed by atoms with Gasteiger partial charge in [0.2, 0.25) is 5.91 Å². The zero-order chi connectivity index (χ0) is 15.5. The molecular formula is C16H27NO4. The first-order valence-electron chi connectivity index (χ1n) is 7.97. The Balaban J connectivity index is 1.87. The van der Waals surface area contributed by atoms with Crippen LogP contribution in [-0.4, -0.2) is 36.2 Å². The largest absolute Gasteiger partial charge is 0.481 e. The zero-order valence-electron chi connectivity index (χ0n) is 13.1. The van der Waals surface area contributed by atoms with E-state index in [-0.39, 0.29) is 18.1 Å². The lowest BCUT2D eigenvalue weighted by molar-refractivity contribution is -0.151. The molecule has 2 N–H and O–H groups in total. The standard InChI is InChI=1S/C16H27NO4/c1-12-4-8-15(9-5-12,14(19)20)11-17-13(18)10-16(21-2)6-3-7-16/h12H,3-11H2,1-2H3,(H,17,18)(H,19,20). The predicted octanol–water partition coefficient (Wildman–Crippen LogP) is 2.34. The molecule has 21 heavy (non-hydrogen) atoms. The van der Waals surface area contributed by atoms with Crippen LogP contribution in [0.5, 0.6) is 0 Å². The van der Waals surface area contributed by atoms with E-state index in [4.69, 9.17) is 4.74 Å². The minimum Gasteiger partial charge on any atom is -0.481 e. The van der Waals surface area contributed by atoms with Crippen LogP contribution in [0.1, 0.15) is 58.3 Å². The second kappa shape index (κ2) is 6.34. The Bertz CT molecular complexity index is 390. The minimum atomic E-state index is -0.778. The molecule has 0 aliphatic heterocycles. The van der Waals surface area contributed by atoms with E-state index in [0.29, 0.717) is 25.2 Å². The number of aliphatic carboxylic acids is 1. The predicted molar refractivity (Wildman–Crippen MR) is 78.9 cm³/mol. The van der Waals surface area contributed by atoms with Gasteiger partial charge in [-0.1, -0.05) is 6.92 Å². The van der Waals surface area contributed by atoms with Gasteiger partial charge in [0.15, 0.2) is 0 Å². The Morgan fingerprint density at radius 2 is 1.86 bits per heavy atom. The Hall–Kier alpha value is -1.10. The van der Waals surface area contributed by atoms with Crippen molar-refractivity contribution >= 4 is 11.9 Å². The van der Waals surface area contributed by atoms with Crippen LogP contribution in [0.25, 0.3) is 0 Å². The smallest absolute Gasteiger partial charge is 0.311 e. The molecule has 0 bridgehead atoms. The second-order valence-electron chi connectivity index (χ2n) is 6.96. The first-order chi connectivity index (χ1) is 9.91. The number of carboxylic acids is 1. The van der Waals surface area contributed by atoms with Crippen molar-refractivity contribution in [3.8, 4) is 0 Å². The number of methoxy groups -OCH3 is 1. The van der Waals surface area contributed by atoms with Gasteiger partial charge in [0.05, 0.1) is 17.4 Å². The monoisotopic (exact) mass is 297 g/mol. The first-order valence-corrected chi connectivity index (χ1v) is 7.97. The number of amides is 1. The Labute approximate surface area is 126 Å². The van der Waals surface area contributed by atoms with Crippen LogP contribution in [0.3, 0.4) is 0 Å². The summed E-state index contributed by atoms with van der Waals surface area (Å²) in [6.07, 6.45) is 6.41. The van der Waals surface area contributed by atoms with Gasteiger partial charge in [-0.05, 0) is 50.9 Å². The molecule has 1 amide bonds. The van der Waals surface area contributed by atoms with Crippen LogP contribution >= 0.6 is 0 Å². The van der Waals surface area contributed by atoms with Gasteiger partial charge >= 0.3 is 5.97 Å². The SMILES string of the molecule is COC1(CC(=O)NCC2(C(=O)O)CCC(C)CC2)CCC1. The summed E-state index contributed by atoms with van der Waals surface area (Å²) in [4.78, 5) is 23.7. The first kappa shape index (κ1) is 16.3. The topological polar surface area (TPSA) is 75.6 Å². The molecule has 120 valence electrons. The van der Waals surface area contributed by atoms with Crippen molar-refractivity contribution in [2.45, 2.75) is 63.9 Å². The van der Waals surface area contributed by atoms with Crippen LogP contribution in [0.15, 0.2) is 0 Å². The van der Waals surface area contributed by atoms with Gasteiger partial charge in [-0.2, -0.15) is 0 Å². The zero-order valence-corrected chi connectivity index (χ0v) is 13.1. The van der Waals surface area contributed by atoms with Crippen molar-refractivity contribution in [1.29, 1.82) is 0 Å². The normalized spacial score (nSPS) is 31.2. The molecule has 0 heterocycles. The summed E-state index contributed by atoms with van der Waals surface area (Å²) in [5, 5.41) is 12.4. The van der Waals surface area contributed by atoms with Crippen molar-refractivity contribution in [1.82, 2.24) is 5.32 Å². The third-order valence-electron chi connectivity index (χ3n) is 5.49. The van der Waals surface area contributed by atoms with E-state index in [9.17, 15) is 14.7 Å². The molecular weight excluding hydrogens is 270 g/mol. The maximum absolute atomic E-state index is 12.1. The molecule has 2 saturated carbocycles. The third kappa shape index (κ3) is 3.57. The Morgan fingerprint density at radius 3 is 2.29 bits per heavy atom. The van der Waals surface area contributed by atoms with Crippen molar-refractivity contribution in [2.75, 3.05) is 13.7 Å². The molecule has 0 radical (unpaired) electrons. The number of carbonyl (C=O) groups excluding carboxylic acids is 1. The summed E-state index contributed by atoms with van der Waals surface area (Å²) in [6, 6.07) is 0. The van der Waals surface area contributed by atoms with Crippen molar-refractivity contribution in [2.24, 2.45) is 11.3 Å². The van der Waals surface area contributed by atoms with Gasteiger partial charge < -0.3 is 15.2 Å². The number of rotatable bonds is 6. The van der Waals surface area contributed by atoms with E-state index in [1.54, 1.807) is 7.11 Å². The summed E-state index contributed by atoms with van der Waals surface area (Å²) in [7, 11) is 1.65. The highest BCUT2D eigenvalue weighted by atomic mass is 16.5. The molecule has 2 rings (SSSR count). The van der Waals surface area contributed by atoms with E-state index in [2.05, 4.69) is 12.2 Å². The fourth-order valence-electron chi connectivity index (χ4n) is 3.43. The van der Waals surface area contributed by atoms with Crippen LogP contribution in [-0.2, 0) is 14.3 Å². The summed E-state index contributed by atoms with van der Waals surface area (Å²) in [5.74, 6) is -0.282. The van der Waals surface area contributed by atoms with Crippen molar-refractivity contribution in [3.63, 3.8) is 0 Å². The molecule has 5 heteroatoms. The summed E-state index contributed by atoms with van der Waals surface area (Å²) >= 11 is 0. The Kier molecular flexibility index (Phi) is 4.91. The maximum Gasteiger partial charge on any atom is 0.311 e. The number of hydrogen-bond acceptors (Lipinski definition) is 3. The molecule has 5 nitrogen and oxygen atoms in total. The van der Waals surface area contributed by atoms with E-state index in [1.165, 1.54) is 0 Å². The molecule has 0 atom stereocenters. The summed E-state index contributed by atoms with van der Waals surface area (Å²) in [6.45, 7) is 2.40. The maximum atomic E-state index is 12.1. The fourth-order valence-corrected chi connectivity index (χ4v) is 3.43. The van der Waals surface area contributed by atoms with Crippen LogP contribution in [0.2, 0.25) is 0 Å².